The van der Waals surface area contributed by atoms with Gasteiger partial charge in [0.2, 0.25) is 0 Å². The van der Waals surface area contributed by atoms with Crippen LogP contribution in [-0.4, -0.2) is 54.1 Å². The molecule has 8 nitrogen and oxygen atoms in total. The predicted molar refractivity (Wildman–Crippen MR) is 147 cm³/mol. The van der Waals surface area contributed by atoms with Gasteiger partial charge in [-0.05, 0) is 55.8 Å². The van der Waals surface area contributed by atoms with E-state index in [9.17, 15) is 13.6 Å². The fraction of sp³-hybridized carbons (Fsp3) is 0.233. The number of hydrogen-bond donors (Lipinski definition) is 0. The minimum Gasteiger partial charge on any atom is -0.301 e. The van der Waals surface area contributed by atoms with E-state index in [1.165, 1.54) is 54.9 Å². The van der Waals surface area contributed by atoms with Gasteiger partial charge < -0.3 is 4.90 Å². The van der Waals surface area contributed by atoms with Crippen LogP contribution in [0.2, 0.25) is 0 Å². The Morgan fingerprint density at radius 2 is 1.55 bits per heavy atom. The molecule has 0 N–H and O–H groups in total. The highest BCUT2D eigenvalue weighted by atomic mass is 19.1. The topological polar surface area (TPSA) is 81.7 Å². The summed E-state index contributed by atoms with van der Waals surface area (Å²) in [6, 6.07) is 13.5. The van der Waals surface area contributed by atoms with Crippen molar-refractivity contribution in [3.63, 3.8) is 0 Å². The van der Waals surface area contributed by atoms with E-state index >= 15 is 0 Å². The number of nitrogens with zero attached hydrogens (tertiary/aromatic N) is 7. The lowest BCUT2D eigenvalue weighted by Crippen LogP contribution is -2.24. The van der Waals surface area contributed by atoms with Gasteiger partial charge in [-0.25, -0.2) is 23.4 Å². The first-order valence-electron chi connectivity index (χ1n) is 13.2. The number of benzene rings is 2. The summed E-state index contributed by atoms with van der Waals surface area (Å²) in [5.41, 5.74) is 3.67. The quantitative estimate of drug-likeness (QED) is 0.286. The van der Waals surface area contributed by atoms with Gasteiger partial charge in [-0.3, -0.25) is 9.48 Å². The molecule has 1 aliphatic heterocycles. The van der Waals surface area contributed by atoms with Crippen LogP contribution in [0.5, 0.6) is 0 Å². The molecule has 1 saturated heterocycles. The highest BCUT2D eigenvalue weighted by Gasteiger charge is 2.12. The average molecular weight is 540 g/mol. The number of halogens is 2. The molecule has 4 heterocycles. The molecule has 6 rings (SSSR count). The van der Waals surface area contributed by atoms with E-state index in [2.05, 4.69) is 25.1 Å². The van der Waals surface area contributed by atoms with Gasteiger partial charge >= 0.3 is 0 Å². The summed E-state index contributed by atoms with van der Waals surface area (Å²) in [6.45, 7) is 4.36. The van der Waals surface area contributed by atoms with Gasteiger partial charge in [0.05, 0.1) is 25.0 Å². The van der Waals surface area contributed by atoms with E-state index in [-0.39, 0.29) is 17.7 Å². The molecule has 3 aromatic heterocycles. The largest absolute Gasteiger partial charge is 0.301 e. The van der Waals surface area contributed by atoms with E-state index in [0.29, 0.717) is 11.5 Å². The molecule has 0 atom stereocenters. The van der Waals surface area contributed by atoms with E-state index in [0.717, 1.165) is 41.4 Å². The molecule has 1 aliphatic rings. The number of aromatic nitrogens is 6. The van der Waals surface area contributed by atoms with Gasteiger partial charge in [-0.15, -0.1) is 0 Å². The molecule has 2 aromatic carbocycles. The summed E-state index contributed by atoms with van der Waals surface area (Å²) in [7, 11) is 0. The molecule has 0 radical (unpaired) electrons. The molecule has 0 aliphatic carbocycles. The zero-order chi connectivity index (χ0) is 27.5. The van der Waals surface area contributed by atoms with Crippen LogP contribution in [0, 0.1) is 11.6 Å². The van der Waals surface area contributed by atoms with E-state index in [4.69, 9.17) is 0 Å². The molecule has 0 spiro atoms. The predicted octanol–water partition coefficient (Wildman–Crippen LogP) is 4.65. The second-order valence-electron chi connectivity index (χ2n) is 9.91. The summed E-state index contributed by atoms with van der Waals surface area (Å²) in [6.07, 6.45) is 9.97. The molecule has 5 aromatic rings. The molecule has 1 fully saturated rings. The smallest absolute Gasteiger partial charge is 0.267 e. The van der Waals surface area contributed by atoms with Crippen LogP contribution >= 0.6 is 0 Å². The third-order valence-electron chi connectivity index (χ3n) is 7.00. The average Bonchev–Trinajstić information content (AvgIpc) is 3.65. The molecule has 202 valence electrons. The maximum absolute atomic E-state index is 13.7. The maximum atomic E-state index is 13.7. The zero-order valence-electron chi connectivity index (χ0n) is 21.7. The highest BCUT2D eigenvalue weighted by Crippen LogP contribution is 2.22. The first-order chi connectivity index (χ1) is 19.5. The van der Waals surface area contributed by atoms with Crippen LogP contribution in [0.15, 0.2) is 84.2 Å². The second kappa shape index (κ2) is 11.3. The molecule has 40 heavy (non-hydrogen) atoms. The van der Waals surface area contributed by atoms with Crippen molar-refractivity contribution in [1.29, 1.82) is 0 Å². The Morgan fingerprint density at radius 1 is 0.775 bits per heavy atom. The first kappa shape index (κ1) is 25.7. The monoisotopic (exact) mass is 539 g/mol. The normalized spacial score (nSPS) is 13.7. The van der Waals surface area contributed by atoms with E-state index < -0.39 is 11.6 Å². The van der Waals surface area contributed by atoms with Gasteiger partial charge in [-0.2, -0.15) is 10.2 Å². The Morgan fingerprint density at radius 3 is 2.33 bits per heavy atom. The van der Waals surface area contributed by atoms with E-state index in [1.54, 1.807) is 12.4 Å². The van der Waals surface area contributed by atoms with Crippen molar-refractivity contribution < 1.29 is 8.78 Å². The first-order valence-corrected chi connectivity index (χ1v) is 13.2. The Hall–Kier alpha value is -4.57. The third kappa shape index (κ3) is 5.86. The van der Waals surface area contributed by atoms with Crippen molar-refractivity contribution in [3.8, 4) is 33.8 Å². The zero-order valence-corrected chi connectivity index (χ0v) is 21.7. The van der Waals surface area contributed by atoms with Crippen LogP contribution in [0.25, 0.3) is 33.8 Å². The van der Waals surface area contributed by atoms with Gasteiger partial charge in [0, 0.05) is 59.5 Å². The van der Waals surface area contributed by atoms with Gasteiger partial charge in [0.15, 0.2) is 5.82 Å². The lowest BCUT2D eigenvalue weighted by Gasteiger charge is -2.13. The van der Waals surface area contributed by atoms with E-state index in [1.807, 2.05) is 41.3 Å². The fourth-order valence-corrected chi connectivity index (χ4v) is 4.91. The lowest BCUT2D eigenvalue weighted by atomic mass is 10.1. The lowest BCUT2D eigenvalue weighted by molar-refractivity contribution is 0.316. The Labute approximate surface area is 229 Å². The number of rotatable bonds is 8. The molecule has 0 unspecified atom stereocenters. The van der Waals surface area contributed by atoms with Gasteiger partial charge in [0.1, 0.15) is 11.6 Å². The van der Waals surface area contributed by atoms with Crippen molar-refractivity contribution in [3.05, 3.63) is 107 Å². The van der Waals surface area contributed by atoms with Gasteiger partial charge in [0.25, 0.3) is 5.56 Å². The standard InChI is InChI=1S/C30H27F2N7O/c31-26-13-23(14-27(32)15-26)28-6-7-29(40)39(36-28)19-21-4-3-5-22(12-21)30-33-16-24(17-34-30)25-18-35-38(20-25)11-10-37-8-1-2-9-37/h3-7,12-18,20H,1-2,8-11,19H2. The minimum atomic E-state index is -0.709. The summed E-state index contributed by atoms with van der Waals surface area (Å²) in [5, 5.41) is 8.82. The van der Waals surface area contributed by atoms with Gasteiger partial charge in [-0.1, -0.05) is 18.2 Å². The van der Waals surface area contributed by atoms with Crippen molar-refractivity contribution >= 4 is 0 Å². The fourth-order valence-electron chi connectivity index (χ4n) is 4.91. The summed E-state index contributed by atoms with van der Waals surface area (Å²) < 4.78 is 30.6. The molecule has 0 amide bonds. The van der Waals surface area contributed by atoms with Crippen LogP contribution in [0.3, 0.4) is 0 Å². The molecule has 10 heteroatoms. The molecular weight excluding hydrogens is 512 g/mol. The second-order valence-corrected chi connectivity index (χ2v) is 9.91. The maximum Gasteiger partial charge on any atom is 0.267 e. The molecule has 0 bridgehead atoms. The highest BCUT2D eigenvalue weighted by molar-refractivity contribution is 5.63. The summed E-state index contributed by atoms with van der Waals surface area (Å²) in [4.78, 5) is 24.1. The van der Waals surface area contributed by atoms with Crippen LogP contribution in [-0.2, 0) is 13.1 Å². The van der Waals surface area contributed by atoms with Crippen molar-refractivity contribution in [2.75, 3.05) is 19.6 Å². The third-order valence-corrected chi connectivity index (χ3v) is 7.00. The van der Waals surface area contributed by atoms with Crippen LogP contribution < -0.4 is 5.56 Å². The van der Waals surface area contributed by atoms with Crippen LogP contribution in [0.1, 0.15) is 18.4 Å². The Bertz CT molecular complexity index is 1670. The molecular formula is C30H27F2N7O. The summed E-state index contributed by atoms with van der Waals surface area (Å²) >= 11 is 0. The molecule has 0 saturated carbocycles. The SMILES string of the molecule is O=c1ccc(-c2cc(F)cc(F)c2)nn1Cc1cccc(-c2ncc(-c3cnn(CCN4CCCC4)c3)cn2)c1. The summed E-state index contributed by atoms with van der Waals surface area (Å²) in [5.74, 6) is -0.865. The Balaban J connectivity index is 1.17. The van der Waals surface area contributed by atoms with Crippen molar-refractivity contribution in [1.82, 2.24) is 34.4 Å². The Kier molecular flexibility index (Phi) is 7.24. The number of likely N-dealkylation sites (tertiary alicyclic amines) is 1. The van der Waals surface area contributed by atoms with Crippen LogP contribution in [0.4, 0.5) is 8.78 Å². The number of hydrogen-bond acceptors (Lipinski definition) is 6. The minimum absolute atomic E-state index is 0.174. The van der Waals surface area contributed by atoms with Crippen molar-refractivity contribution in [2.45, 2.75) is 25.9 Å². The van der Waals surface area contributed by atoms with Crippen molar-refractivity contribution in [2.24, 2.45) is 0 Å².